The highest BCUT2D eigenvalue weighted by Gasteiger charge is 2.43. The molecule has 1 aromatic carbocycles. The molecule has 1 saturated heterocycles. The SMILES string of the molecule is Cl.O=C(N[C@]1(c2ccccc2)CCNC[C@H]1O)c1cccn1C(F)F. The highest BCUT2D eigenvalue weighted by atomic mass is 35.5. The van der Waals surface area contributed by atoms with Crippen molar-refractivity contribution in [3.05, 3.63) is 59.9 Å². The zero-order chi connectivity index (χ0) is 17.2. The molecule has 2 heterocycles. The first-order chi connectivity index (χ1) is 11.5. The average Bonchev–Trinajstić information content (AvgIpc) is 3.08. The molecule has 0 unspecified atom stereocenters. The van der Waals surface area contributed by atoms with E-state index in [1.54, 1.807) is 0 Å². The standard InChI is InChI=1S/C17H19F2N3O2.ClH/c18-16(19)22-10-4-7-13(22)15(24)21-17(8-9-20-11-14(17)23)12-5-2-1-3-6-12;/h1-7,10,14,16,20,23H,8-9,11H2,(H,21,24);1H/t14-,17+;/m1./s1. The van der Waals surface area contributed by atoms with Crippen LogP contribution in [-0.4, -0.2) is 34.8 Å². The van der Waals surface area contributed by atoms with Crippen LogP contribution in [0.3, 0.4) is 0 Å². The summed E-state index contributed by atoms with van der Waals surface area (Å²) in [5.74, 6) is -0.634. The molecule has 2 aromatic rings. The van der Waals surface area contributed by atoms with Crippen molar-refractivity contribution in [2.24, 2.45) is 0 Å². The third kappa shape index (κ3) is 3.68. The molecule has 25 heavy (non-hydrogen) atoms. The van der Waals surface area contributed by atoms with Crippen LogP contribution in [0.1, 0.15) is 29.0 Å². The highest BCUT2D eigenvalue weighted by molar-refractivity contribution is 5.93. The van der Waals surface area contributed by atoms with Crippen molar-refractivity contribution in [1.82, 2.24) is 15.2 Å². The van der Waals surface area contributed by atoms with E-state index in [-0.39, 0.29) is 18.1 Å². The minimum absolute atomic E-state index is 0. The third-order valence-corrected chi connectivity index (χ3v) is 4.45. The van der Waals surface area contributed by atoms with E-state index < -0.39 is 24.1 Å². The number of hydrogen-bond acceptors (Lipinski definition) is 3. The van der Waals surface area contributed by atoms with Crippen LogP contribution < -0.4 is 10.6 Å². The summed E-state index contributed by atoms with van der Waals surface area (Å²) in [6.45, 7) is -1.89. The van der Waals surface area contributed by atoms with Crippen LogP contribution >= 0.6 is 12.4 Å². The molecule has 1 aromatic heterocycles. The van der Waals surface area contributed by atoms with Gasteiger partial charge in [-0.15, -0.1) is 12.4 Å². The normalized spacial score (nSPS) is 23.1. The van der Waals surface area contributed by atoms with E-state index in [4.69, 9.17) is 0 Å². The van der Waals surface area contributed by atoms with Crippen molar-refractivity contribution in [2.75, 3.05) is 13.1 Å². The van der Waals surface area contributed by atoms with Gasteiger partial charge in [0.05, 0.1) is 11.6 Å². The number of halogens is 3. The Morgan fingerprint density at radius 2 is 2.00 bits per heavy atom. The Morgan fingerprint density at radius 1 is 1.28 bits per heavy atom. The number of β-amino-alcohol motifs (C(OH)–C–C–N with tert-alkyl or cyclic N) is 1. The Kier molecular flexibility index (Phi) is 6.16. The molecule has 1 amide bonds. The van der Waals surface area contributed by atoms with Gasteiger partial charge in [-0.1, -0.05) is 30.3 Å². The van der Waals surface area contributed by atoms with Crippen molar-refractivity contribution in [3.8, 4) is 0 Å². The number of carbonyl (C=O) groups is 1. The summed E-state index contributed by atoms with van der Waals surface area (Å²) < 4.78 is 26.6. The molecule has 0 spiro atoms. The second-order valence-corrected chi connectivity index (χ2v) is 5.84. The summed E-state index contributed by atoms with van der Waals surface area (Å²) in [4.78, 5) is 12.6. The van der Waals surface area contributed by atoms with Gasteiger partial charge < -0.3 is 15.7 Å². The van der Waals surface area contributed by atoms with Gasteiger partial charge in [0.2, 0.25) is 0 Å². The minimum Gasteiger partial charge on any atom is -0.389 e. The lowest BCUT2D eigenvalue weighted by Gasteiger charge is -2.43. The molecule has 0 radical (unpaired) electrons. The Hall–Kier alpha value is -1.96. The quantitative estimate of drug-likeness (QED) is 0.772. The number of aliphatic hydroxyl groups is 1. The molecule has 0 aliphatic carbocycles. The largest absolute Gasteiger partial charge is 0.389 e. The van der Waals surface area contributed by atoms with Crippen molar-refractivity contribution >= 4 is 18.3 Å². The number of amides is 1. The number of rotatable bonds is 4. The molecule has 1 aliphatic rings. The Bertz CT molecular complexity index is 711. The van der Waals surface area contributed by atoms with Crippen LogP contribution in [0.15, 0.2) is 48.7 Å². The van der Waals surface area contributed by atoms with Crippen molar-refractivity contribution < 1.29 is 18.7 Å². The zero-order valence-corrected chi connectivity index (χ0v) is 14.2. The van der Waals surface area contributed by atoms with E-state index in [0.717, 1.165) is 11.8 Å². The van der Waals surface area contributed by atoms with Gasteiger partial charge in [0.15, 0.2) is 0 Å². The fourth-order valence-electron chi connectivity index (χ4n) is 3.18. The van der Waals surface area contributed by atoms with Crippen LogP contribution in [0.2, 0.25) is 0 Å². The van der Waals surface area contributed by atoms with Crippen LogP contribution in [0.4, 0.5) is 8.78 Å². The molecule has 3 N–H and O–H groups in total. The smallest absolute Gasteiger partial charge is 0.319 e. The van der Waals surface area contributed by atoms with Gasteiger partial charge in [-0.2, -0.15) is 8.78 Å². The van der Waals surface area contributed by atoms with Gasteiger partial charge in [0, 0.05) is 12.7 Å². The molecule has 1 aliphatic heterocycles. The zero-order valence-electron chi connectivity index (χ0n) is 13.4. The molecule has 8 heteroatoms. The first-order valence-electron chi connectivity index (χ1n) is 7.76. The Morgan fingerprint density at radius 3 is 2.64 bits per heavy atom. The third-order valence-electron chi connectivity index (χ3n) is 4.45. The number of piperidine rings is 1. The fourth-order valence-corrected chi connectivity index (χ4v) is 3.18. The van der Waals surface area contributed by atoms with E-state index in [1.807, 2.05) is 30.3 Å². The number of aromatic nitrogens is 1. The molecule has 0 saturated carbocycles. The molecule has 0 bridgehead atoms. The number of aliphatic hydroxyl groups excluding tert-OH is 1. The van der Waals surface area contributed by atoms with Crippen LogP contribution in [0, 0.1) is 0 Å². The Labute approximate surface area is 150 Å². The lowest BCUT2D eigenvalue weighted by molar-refractivity contribution is 0.0268. The second kappa shape index (κ2) is 7.95. The predicted octanol–water partition coefficient (Wildman–Crippen LogP) is 2.28. The van der Waals surface area contributed by atoms with Crippen LogP contribution in [0.5, 0.6) is 0 Å². The van der Waals surface area contributed by atoms with Crippen molar-refractivity contribution in [3.63, 3.8) is 0 Å². The van der Waals surface area contributed by atoms with Gasteiger partial charge in [-0.25, -0.2) is 0 Å². The summed E-state index contributed by atoms with van der Waals surface area (Å²) in [6, 6.07) is 11.9. The van der Waals surface area contributed by atoms with E-state index in [2.05, 4.69) is 10.6 Å². The first kappa shape index (κ1) is 19.4. The molecule has 5 nitrogen and oxygen atoms in total. The second-order valence-electron chi connectivity index (χ2n) is 5.84. The number of carbonyl (C=O) groups excluding carboxylic acids is 1. The maximum atomic E-state index is 13.0. The van der Waals surface area contributed by atoms with Gasteiger partial charge in [-0.3, -0.25) is 9.36 Å². The first-order valence-corrected chi connectivity index (χ1v) is 7.76. The Balaban J connectivity index is 0.00000225. The van der Waals surface area contributed by atoms with Gasteiger partial charge in [-0.05, 0) is 30.7 Å². The van der Waals surface area contributed by atoms with Crippen molar-refractivity contribution in [1.29, 1.82) is 0 Å². The summed E-state index contributed by atoms with van der Waals surface area (Å²) in [5.41, 5.74) is -0.394. The number of hydrogen-bond donors (Lipinski definition) is 3. The molecule has 2 atom stereocenters. The van der Waals surface area contributed by atoms with Crippen molar-refractivity contribution in [2.45, 2.75) is 24.6 Å². The molecular weight excluding hydrogens is 352 g/mol. The topological polar surface area (TPSA) is 66.3 Å². The summed E-state index contributed by atoms with van der Waals surface area (Å²) in [7, 11) is 0. The molecule has 1 fully saturated rings. The van der Waals surface area contributed by atoms with Gasteiger partial charge >= 0.3 is 6.55 Å². The van der Waals surface area contributed by atoms with Crippen LogP contribution in [-0.2, 0) is 5.54 Å². The monoisotopic (exact) mass is 371 g/mol. The number of nitrogens with zero attached hydrogens (tertiary/aromatic N) is 1. The van der Waals surface area contributed by atoms with Gasteiger partial charge in [0.1, 0.15) is 5.69 Å². The molecular formula is C17H20ClF2N3O2. The number of nitrogens with one attached hydrogen (secondary N) is 2. The van der Waals surface area contributed by atoms with E-state index in [0.29, 0.717) is 24.1 Å². The molecule has 3 rings (SSSR count). The van der Waals surface area contributed by atoms with E-state index in [9.17, 15) is 18.7 Å². The highest BCUT2D eigenvalue weighted by Crippen LogP contribution is 2.31. The van der Waals surface area contributed by atoms with Crippen LogP contribution in [0.25, 0.3) is 0 Å². The fraction of sp³-hybridized carbons (Fsp3) is 0.353. The molecule has 136 valence electrons. The summed E-state index contributed by atoms with van der Waals surface area (Å²) >= 11 is 0. The minimum atomic E-state index is -2.80. The maximum Gasteiger partial charge on any atom is 0.319 e. The summed E-state index contributed by atoms with van der Waals surface area (Å²) in [5, 5.41) is 16.4. The lowest BCUT2D eigenvalue weighted by Crippen LogP contribution is -2.61. The van der Waals surface area contributed by atoms with Gasteiger partial charge in [0.25, 0.3) is 5.91 Å². The lowest BCUT2D eigenvalue weighted by atomic mass is 9.79. The summed E-state index contributed by atoms with van der Waals surface area (Å²) in [6.07, 6.45) is 0.750. The predicted molar refractivity (Wildman–Crippen MR) is 92.0 cm³/mol. The van der Waals surface area contributed by atoms with E-state index >= 15 is 0 Å². The number of benzene rings is 1. The average molecular weight is 372 g/mol. The van der Waals surface area contributed by atoms with E-state index in [1.165, 1.54) is 12.1 Å². The maximum absolute atomic E-state index is 13.0. The number of alkyl halides is 2.